The third-order valence-corrected chi connectivity index (χ3v) is 3.57. The van der Waals surface area contributed by atoms with Gasteiger partial charge < -0.3 is 4.74 Å². The molecule has 0 atom stereocenters. The molecule has 0 aliphatic heterocycles. The standard InChI is InChI=1S/C12H10OS2/c1-13-10-6-4-9(5-7-10)12(14)11-3-2-8-15-11/h2-8H,1H3. The molecule has 1 aromatic carbocycles. The minimum atomic E-state index is 0.854. The second-order valence-electron chi connectivity index (χ2n) is 3.03. The lowest BCUT2D eigenvalue weighted by Crippen LogP contribution is -1.96. The van der Waals surface area contributed by atoms with Crippen molar-refractivity contribution < 1.29 is 4.74 Å². The number of thiophene rings is 1. The Hall–Kier alpha value is -1.19. The topological polar surface area (TPSA) is 9.23 Å². The van der Waals surface area contributed by atoms with Gasteiger partial charge in [0.1, 0.15) is 5.75 Å². The molecule has 0 aliphatic rings. The molecule has 76 valence electrons. The van der Waals surface area contributed by atoms with Crippen LogP contribution in [-0.2, 0) is 0 Å². The third kappa shape index (κ3) is 2.25. The number of benzene rings is 1. The monoisotopic (exact) mass is 234 g/mol. The first-order valence-corrected chi connectivity index (χ1v) is 5.82. The maximum atomic E-state index is 5.39. The van der Waals surface area contributed by atoms with Gasteiger partial charge in [-0.25, -0.2) is 0 Å². The molecule has 0 N–H and O–H groups in total. The van der Waals surface area contributed by atoms with E-state index in [9.17, 15) is 0 Å². The van der Waals surface area contributed by atoms with Crippen molar-refractivity contribution in [1.82, 2.24) is 0 Å². The zero-order chi connectivity index (χ0) is 10.7. The molecule has 0 saturated heterocycles. The highest BCUT2D eigenvalue weighted by Crippen LogP contribution is 2.18. The predicted molar refractivity (Wildman–Crippen MR) is 68.1 cm³/mol. The van der Waals surface area contributed by atoms with Crippen LogP contribution in [0.5, 0.6) is 5.75 Å². The van der Waals surface area contributed by atoms with Crippen molar-refractivity contribution in [1.29, 1.82) is 0 Å². The van der Waals surface area contributed by atoms with Crippen molar-refractivity contribution in [2.24, 2.45) is 0 Å². The third-order valence-electron chi connectivity index (χ3n) is 2.10. The highest BCUT2D eigenvalue weighted by Gasteiger charge is 2.04. The quantitative estimate of drug-likeness (QED) is 0.593. The van der Waals surface area contributed by atoms with Gasteiger partial charge in [0, 0.05) is 4.88 Å². The molecule has 2 rings (SSSR count). The van der Waals surface area contributed by atoms with Gasteiger partial charge in [0.05, 0.1) is 12.0 Å². The highest BCUT2D eigenvalue weighted by molar-refractivity contribution is 7.81. The lowest BCUT2D eigenvalue weighted by molar-refractivity contribution is 0.415. The summed E-state index contributed by atoms with van der Waals surface area (Å²) in [5.74, 6) is 0.854. The van der Waals surface area contributed by atoms with E-state index in [1.165, 1.54) is 0 Å². The van der Waals surface area contributed by atoms with Crippen LogP contribution in [0.1, 0.15) is 10.4 Å². The molecule has 0 unspecified atom stereocenters. The summed E-state index contributed by atoms with van der Waals surface area (Å²) in [6.45, 7) is 0. The van der Waals surface area contributed by atoms with Gasteiger partial charge in [0.2, 0.25) is 0 Å². The molecule has 0 saturated carbocycles. The van der Waals surface area contributed by atoms with E-state index in [0.717, 1.165) is 21.1 Å². The zero-order valence-electron chi connectivity index (χ0n) is 8.27. The van der Waals surface area contributed by atoms with Gasteiger partial charge in [-0.2, -0.15) is 0 Å². The number of methoxy groups -OCH3 is 1. The maximum Gasteiger partial charge on any atom is 0.118 e. The molecule has 1 nitrogen and oxygen atoms in total. The molecule has 0 radical (unpaired) electrons. The van der Waals surface area contributed by atoms with Gasteiger partial charge in [0.15, 0.2) is 0 Å². The normalized spacial score (nSPS) is 9.93. The molecule has 3 heteroatoms. The van der Waals surface area contributed by atoms with Crippen LogP contribution >= 0.6 is 23.6 Å². The average molecular weight is 234 g/mol. The Balaban J connectivity index is 2.27. The highest BCUT2D eigenvalue weighted by atomic mass is 32.1. The molecule has 15 heavy (non-hydrogen) atoms. The fourth-order valence-corrected chi connectivity index (χ4v) is 2.33. The van der Waals surface area contributed by atoms with E-state index < -0.39 is 0 Å². The molecular weight excluding hydrogens is 224 g/mol. The SMILES string of the molecule is COc1ccc(C(=S)c2cccs2)cc1. The Labute approximate surface area is 98.3 Å². The summed E-state index contributed by atoms with van der Waals surface area (Å²) in [6, 6.07) is 11.9. The minimum absolute atomic E-state index is 0.854. The van der Waals surface area contributed by atoms with E-state index in [1.54, 1.807) is 18.4 Å². The number of hydrogen-bond donors (Lipinski definition) is 0. The first-order valence-electron chi connectivity index (χ1n) is 4.53. The summed E-state index contributed by atoms with van der Waals surface area (Å²) < 4.78 is 5.10. The van der Waals surface area contributed by atoms with Crippen LogP contribution in [0.3, 0.4) is 0 Å². The molecule has 0 aliphatic carbocycles. The number of hydrogen-bond acceptors (Lipinski definition) is 3. The first kappa shape index (κ1) is 10.3. The Morgan fingerprint density at radius 2 is 1.93 bits per heavy atom. The number of rotatable bonds is 3. The van der Waals surface area contributed by atoms with Crippen LogP contribution in [-0.4, -0.2) is 12.0 Å². The van der Waals surface area contributed by atoms with E-state index in [2.05, 4.69) is 0 Å². The summed E-state index contributed by atoms with van der Waals surface area (Å²) in [4.78, 5) is 2.03. The first-order chi connectivity index (χ1) is 7.31. The maximum absolute atomic E-state index is 5.39. The second kappa shape index (κ2) is 4.55. The van der Waals surface area contributed by atoms with E-state index in [4.69, 9.17) is 17.0 Å². The van der Waals surface area contributed by atoms with E-state index in [1.807, 2.05) is 41.8 Å². The van der Waals surface area contributed by atoms with Crippen LogP contribution in [0.15, 0.2) is 41.8 Å². The molecule has 1 heterocycles. The summed E-state index contributed by atoms with van der Waals surface area (Å²) in [5.41, 5.74) is 1.06. The number of ether oxygens (including phenoxy) is 1. The van der Waals surface area contributed by atoms with Crippen molar-refractivity contribution in [2.45, 2.75) is 0 Å². The van der Waals surface area contributed by atoms with Crippen LogP contribution in [0.25, 0.3) is 0 Å². The van der Waals surface area contributed by atoms with Gasteiger partial charge in [-0.15, -0.1) is 11.3 Å². The minimum Gasteiger partial charge on any atom is -0.497 e. The van der Waals surface area contributed by atoms with Crippen LogP contribution < -0.4 is 4.74 Å². The Bertz CT molecular complexity index is 443. The number of thiocarbonyl (C=S) groups is 1. The molecule has 0 amide bonds. The second-order valence-corrected chi connectivity index (χ2v) is 4.39. The lowest BCUT2D eigenvalue weighted by atomic mass is 10.1. The van der Waals surface area contributed by atoms with Gasteiger partial charge >= 0.3 is 0 Å². The Kier molecular flexibility index (Phi) is 3.14. The van der Waals surface area contributed by atoms with Crippen molar-refractivity contribution in [3.8, 4) is 5.75 Å². The van der Waals surface area contributed by atoms with Crippen LogP contribution in [0, 0.1) is 0 Å². The molecule has 0 bridgehead atoms. The van der Waals surface area contributed by atoms with E-state index >= 15 is 0 Å². The van der Waals surface area contributed by atoms with Crippen molar-refractivity contribution in [3.05, 3.63) is 52.2 Å². The van der Waals surface area contributed by atoms with Crippen LogP contribution in [0.4, 0.5) is 0 Å². The predicted octanol–water partition coefficient (Wildman–Crippen LogP) is 3.52. The largest absolute Gasteiger partial charge is 0.497 e. The smallest absolute Gasteiger partial charge is 0.118 e. The molecule has 0 fully saturated rings. The van der Waals surface area contributed by atoms with E-state index in [0.29, 0.717) is 0 Å². The fraction of sp³-hybridized carbons (Fsp3) is 0.0833. The molecular formula is C12H10OS2. The van der Waals surface area contributed by atoms with Crippen molar-refractivity contribution in [2.75, 3.05) is 7.11 Å². The Morgan fingerprint density at radius 3 is 2.47 bits per heavy atom. The van der Waals surface area contributed by atoms with Gasteiger partial charge in [-0.05, 0) is 41.3 Å². The van der Waals surface area contributed by atoms with Crippen LogP contribution in [0.2, 0.25) is 0 Å². The molecule has 1 aromatic heterocycles. The summed E-state index contributed by atoms with van der Waals surface area (Å²) in [7, 11) is 1.66. The fourth-order valence-electron chi connectivity index (χ4n) is 1.29. The average Bonchev–Trinajstić information content (AvgIpc) is 2.82. The van der Waals surface area contributed by atoms with Crippen molar-refractivity contribution in [3.63, 3.8) is 0 Å². The summed E-state index contributed by atoms with van der Waals surface area (Å²) in [5, 5.41) is 2.03. The summed E-state index contributed by atoms with van der Waals surface area (Å²) in [6.07, 6.45) is 0. The lowest BCUT2D eigenvalue weighted by Gasteiger charge is -2.03. The molecule has 2 aromatic rings. The Morgan fingerprint density at radius 1 is 1.20 bits per heavy atom. The molecule has 0 spiro atoms. The van der Waals surface area contributed by atoms with Gasteiger partial charge in [-0.3, -0.25) is 0 Å². The van der Waals surface area contributed by atoms with E-state index in [-0.39, 0.29) is 0 Å². The van der Waals surface area contributed by atoms with Gasteiger partial charge in [0.25, 0.3) is 0 Å². The zero-order valence-corrected chi connectivity index (χ0v) is 9.90. The van der Waals surface area contributed by atoms with Crippen molar-refractivity contribution >= 4 is 28.4 Å². The van der Waals surface area contributed by atoms with Gasteiger partial charge in [-0.1, -0.05) is 18.3 Å². The summed E-state index contributed by atoms with van der Waals surface area (Å²) >= 11 is 7.05.